The molecule has 1 fully saturated rings. The number of hydrogen-bond donors (Lipinski definition) is 0. The van der Waals surface area contributed by atoms with E-state index < -0.39 is 9.84 Å². The third kappa shape index (κ3) is 3.98. The van der Waals surface area contributed by atoms with E-state index in [0.717, 1.165) is 5.69 Å². The molecule has 2 atom stereocenters. The van der Waals surface area contributed by atoms with Crippen molar-refractivity contribution in [3.8, 4) is 11.5 Å². The second-order valence-corrected chi connectivity index (χ2v) is 10.5. The zero-order chi connectivity index (χ0) is 21.5. The maximum Gasteiger partial charge on any atom is 0.164 e. The van der Waals surface area contributed by atoms with Crippen LogP contribution in [0.4, 0.5) is 10.1 Å². The Morgan fingerprint density at radius 3 is 2.67 bits per heavy atom. The summed E-state index contributed by atoms with van der Waals surface area (Å²) >= 11 is 7.49. The van der Waals surface area contributed by atoms with Gasteiger partial charge in [-0.25, -0.2) is 12.8 Å². The summed E-state index contributed by atoms with van der Waals surface area (Å²) in [7, 11) is -0.0845. The number of nitrogens with zero attached hydrogens (tertiary/aromatic N) is 2. The van der Waals surface area contributed by atoms with Crippen LogP contribution < -0.4 is 14.4 Å². The lowest BCUT2D eigenvalue weighted by atomic mass is 10.1. The minimum absolute atomic E-state index is 0.00592. The van der Waals surface area contributed by atoms with Crippen LogP contribution in [0.15, 0.2) is 41.4 Å². The zero-order valence-corrected chi connectivity index (χ0v) is 18.7. The van der Waals surface area contributed by atoms with E-state index in [-0.39, 0.29) is 35.2 Å². The number of methoxy groups -OCH3 is 2. The SMILES string of the molecule is COc1ccc(N2C(SCc3c(F)cccc3Cl)=N[C@@H]3CS(=O)(=O)C[C@H]32)cc1OC. The number of anilines is 1. The summed E-state index contributed by atoms with van der Waals surface area (Å²) in [5, 5.41) is 0.980. The van der Waals surface area contributed by atoms with Crippen molar-refractivity contribution in [1.29, 1.82) is 0 Å². The van der Waals surface area contributed by atoms with Gasteiger partial charge in [0.25, 0.3) is 0 Å². The topological polar surface area (TPSA) is 68.2 Å². The van der Waals surface area contributed by atoms with Gasteiger partial charge in [-0.1, -0.05) is 29.4 Å². The number of rotatable bonds is 5. The number of benzene rings is 2. The number of amidine groups is 1. The van der Waals surface area contributed by atoms with Crippen LogP contribution in [-0.2, 0) is 15.6 Å². The van der Waals surface area contributed by atoms with Crippen LogP contribution in [0.1, 0.15) is 5.56 Å². The summed E-state index contributed by atoms with van der Waals surface area (Å²) in [5.41, 5.74) is 1.13. The Labute approximate surface area is 183 Å². The molecule has 30 heavy (non-hydrogen) atoms. The van der Waals surface area contributed by atoms with E-state index in [4.69, 9.17) is 21.1 Å². The molecule has 0 unspecified atom stereocenters. The van der Waals surface area contributed by atoms with E-state index in [9.17, 15) is 12.8 Å². The standard InChI is InChI=1S/C20H20ClFN2O4S2/c1-27-18-7-6-12(8-19(18)28-2)24-17-11-30(25,26)10-16(17)23-20(24)29-9-13-14(21)4-3-5-15(13)22/h3-8,16-17H,9-11H2,1-2H3/t16-,17-/m1/s1. The Morgan fingerprint density at radius 2 is 1.97 bits per heavy atom. The molecule has 0 radical (unpaired) electrons. The Bertz CT molecular complexity index is 1090. The number of hydrogen-bond acceptors (Lipinski definition) is 7. The first kappa shape index (κ1) is 21.3. The van der Waals surface area contributed by atoms with Crippen LogP contribution in [0.5, 0.6) is 11.5 Å². The molecular weight excluding hydrogens is 451 g/mol. The molecule has 160 valence electrons. The molecule has 0 bridgehead atoms. The first-order chi connectivity index (χ1) is 14.3. The van der Waals surface area contributed by atoms with Crippen molar-refractivity contribution in [2.24, 2.45) is 4.99 Å². The van der Waals surface area contributed by atoms with Crippen molar-refractivity contribution < 1.29 is 22.3 Å². The number of aliphatic imine (C=N–C) groups is 1. The Balaban J connectivity index is 1.68. The lowest BCUT2D eigenvalue weighted by Gasteiger charge is -2.27. The fourth-order valence-corrected chi connectivity index (χ4v) is 7.03. The summed E-state index contributed by atoms with van der Waals surface area (Å²) in [4.78, 5) is 6.56. The minimum Gasteiger partial charge on any atom is -0.493 e. The molecule has 0 N–H and O–H groups in total. The summed E-state index contributed by atoms with van der Waals surface area (Å²) in [5.74, 6) is 1.02. The Hall–Kier alpha value is -1.97. The van der Waals surface area contributed by atoms with Gasteiger partial charge in [-0.2, -0.15) is 0 Å². The molecular formula is C20H20ClFN2O4S2. The number of fused-ring (bicyclic) bond motifs is 1. The molecule has 0 amide bonds. The highest BCUT2D eigenvalue weighted by Gasteiger charge is 2.47. The van der Waals surface area contributed by atoms with Crippen LogP contribution in [0.3, 0.4) is 0 Å². The quantitative estimate of drug-likeness (QED) is 0.662. The maximum atomic E-state index is 14.2. The third-order valence-corrected chi connectivity index (χ3v) is 8.21. The second-order valence-electron chi connectivity index (χ2n) is 7.02. The van der Waals surface area contributed by atoms with Gasteiger partial charge in [-0.3, -0.25) is 4.99 Å². The third-order valence-electron chi connectivity index (χ3n) is 5.16. The lowest BCUT2D eigenvalue weighted by Crippen LogP contribution is -2.39. The van der Waals surface area contributed by atoms with Gasteiger partial charge in [0.05, 0.1) is 37.8 Å². The molecule has 4 rings (SSSR count). The van der Waals surface area contributed by atoms with Gasteiger partial charge >= 0.3 is 0 Å². The molecule has 2 heterocycles. The van der Waals surface area contributed by atoms with Gasteiger partial charge in [0, 0.05) is 28.1 Å². The summed E-state index contributed by atoms with van der Waals surface area (Å²) in [6.45, 7) is 0. The van der Waals surface area contributed by atoms with Gasteiger partial charge < -0.3 is 14.4 Å². The van der Waals surface area contributed by atoms with E-state index in [1.807, 2.05) is 11.0 Å². The Morgan fingerprint density at radius 1 is 1.20 bits per heavy atom. The molecule has 6 nitrogen and oxygen atoms in total. The number of thioether (sulfide) groups is 1. The smallest absolute Gasteiger partial charge is 0.164 e. The maximum absolute atomic E-state index is 14.2. The fraction of sp³-hybridized carbons (Fsp3) is 0.350. The molecule has 2 aliphatic heterocycles. The largest absolute Gasteiger partial charge is 0.493 e. The van der Waals surface area contributed by atoms with E-state index in [2.05, 4.69) is 4.99 Å². The molecule has 2 aromatic rings. The van der Waals surface area contributed by atoms with Crippen molar-refractivity contribution in [1.82, 2.24) is 0 Å². The zero-order valence-electron chi connectivity index (χ0n) is 16.3. The summed E-state index contributed by atoms with van der Waals surface area (Å²) in [6.07, 6.45) is 0. The first-order valence-corrected chi connectivity index (χ1v) is 12.4. The van der Waals surface area contributed by atoms with Crippen molar-refractivity contribution in [2.45, 2.75) is 17.8 Å². The fourth-order valence-electron chi connectivity index (χ4n) is 3.72. The second kappa shape index (κ2) is 8.28. The average Bonchev–Trinajstić information content (AvgIpc) is 3.18. The highest BCUT2D eigenvalue weighted by molar-refractivity contribution is 8.13. The molecule has 10 heteroatoms. The van der Waals surface area contributed by atoms with E-state index >= 15 is 0 Å². The van der Waals surface area contributed by atoms with Crippen LogP contribution in [0, 0.1) is 5.82 Å². The first-order valence-electron chi connectivity index (χ1n) is 9.18. The lowest BCUT2D eigenvalue weighted by molar-refractivity contribution is 0.355. The summed E-state index contributed by atoms with van der Waals surface area (Å²) in [6, 6.07) is 9.29. The molecule has 0 aromatic heterocycles. The predicted molar refractivity (Wildman–Crippen MR) is 118 cm³/mol. The van der Waals surface area contributed by atoms with Crippen molar-refractivity contribution in [3.05, 3.63) is 52.8 Å². The average molecular weight is 471 g/mol. The van der Waals surface area contributed by atoms with Crippen molar-refractivity contribution in [3.63, 3.8) is 0 Å². The van der Waals surface area contributed by atoms with Crippen molar-refractivity contribution >= 4 is 44.1 Å². The van der Waals surface area contributed by atoms with Gasteiger partial charge in [-0.05, 0) is 24.3 Å². The van der Waals surface area contributed by atoms with Gasteiger partial charge in [0.2, 0.25) is 0 Å². The van der Waals surface area contributed by atoms with Crippen molar-refractivity contribution in [2.75, 3.05) is 30.6 Å². The van der Waals surface area contributed by atoms with Gasteiger partial charge in [0.1, 0.15) is 5.82 Å². The molecule has 1 saturated heterocycles. The number of sulfone groups is 1. The highest BCUT2D eigenvalue weighted by atomic mass is 35.5. The van der Waals surface area contributed by atoms with E-state index in [1.54, 1.807) is 38.5 Å². The van der Waals surface area contributed by atoms with Crippen LogP contribution in [0.2, 0.25) is 5.02 Å². The van der Waals surface area contributed by atoms with E-state index in [1.165, 1.54) is 17.8 Å². The Kier molecular flexibility index (Phi) is 5.87. The van der Waals surface area contributed by atoms with Crippen LogP contribution in [-0.4, -0.2) is 51.4 Å². The summed E-state index contributed by atoms with van der Waals surface area (Å²) < 4.78 is 49.3. The van der Waals surface area contributed by atoms with Crippen LogP contribution >= 0.6 is 23.4 Å². The highest BCUT2D eigenvalue weighted by Crippen LogP contribution is 2.39. The number of ether oxygens (including phenoxy) is 2. The number of halogens is 2. The van der Waals surface area contributed by atoms with Gasteiger partial charge in [0.15, 0.2) is 26.5 Å². The van der Waals surface area contributed by atoms with Crippen LogP contribution in [0.25, 0.3) is 0 Å². The monoisotopic (exact) mass is 470 g/mol. The molecule has 2 aromatic carbocycles. The normalized spacial score (nSPS) is 22.0. The van der Waals surface area contributed by atoms with Gasteiger partial charge in [-0.15, -0.1) is 0 Å². The minimum atomic E-state index is -3.17. The molecule has 0 spiro atoms. The predicted octanol–water partition coefficient (Wildman–Crippen LogP) is 3.77. The van der Waals surface area contributed by atoms with E-state index in [0.29, 0.717) is 27.3 Å². The molecule has 0 saturated carbocycles. The molecule has 0 aliphatic carbocycles. The molecule has 2 aliphatic rings.